The molecule has 0 radical (unpaired) electrons. The summed E-state index contributed by atoms with van der Waals surface area (Å²) in [5, 5.41) is 5.53. The third-order valence-electron chi connectivity index (χ3n) is 3.08. The Morgan fingerprint density at radius 2 is 2.55 bits per heavy atom. The van der Waals surface area contributed by atoms with E-state index < -0.39 is 0 Å². The van der Waals surface area contributed by atoms with Crippen molar-refractivity contribution >= 4 is 33.2 Å². The number of nitrogens with zero attached hydrogens (tertiary/aromatic N) is 2. The Hall–Kier alpha value is -0.630. The minimum absolute atomic E-state index is 0.114. The third-order valence-corrected chi connectivity index (χ3v) is 4.63. The summed E-state index contributed by atoms with van der Waals surface area (Å²) < 4.78 is 12.0. The molecule has 1 atom stereocenters. The van der Waals surface area contributed by atoms with Crippen LogP contribution in [0.5, 0.6) is 0 Å². The largest absolute Gasteiger partial charge is 0.382 e. The number of guanidine groups is 1. The lowest BCUT2D eigenvalue weighted by atomic mass is 10.3. The maximum Gasteiger partial charge on any atom is 0.194 e. The fourth-order valence-corrected chi connectivity index (χ4v) is 3.36. The Balaban J connectivity index is 1.87. The van der Waals surface area contributed by atoms with E-state index in [1.807, 2.05) is 7.05 Å². The van der Waals surface area contributed by atoms with Gasteiger partial charge in [-0.05, 0) is 32.9 Å². The molecule has 2 heterocycles. The van der Waals surface area contributed by atoms with E-state index in [-0.39, 0.29) is 6.10 Å². The number of nitrogens with one attached hydrogen (secondary N) is 1. The fraction of sp³-hybridized carbons (Fsp3) is 0.615. The van der Waals surface area contributed by atoms with Gasteiger partial charge in [-0.1, -0.05) is 0 Å². The monoisotopic (exact) mass is 361 g/mol. The fourth-order valence-electron chi connectivity index (χ4n) is 2.15. The second kappa shape index (κ2) is 7.97. The molecule has 0 aliphatic carbocycles. The number of halogens is 1. The number of hydrogen-bond acceptors (Lipinski definition) is 4. The highest BCUT2D eigenvalue weighted by molar-refractivity contribution is 9.11. The number of aliphatic imine (C=N–C) groups is 1. The van der Waals surface area contributed by atoms with Crippen LogP contribution in [-0.2, 0) is 16.0 Å². The van der Waals surface area contributed by atoms with E-state index in [9.17, 15) is 0 Å². The Morgan fingerprint density at radius 3 is 3.20 bits per heavy atom. The predicted octanol–water partition coefficient (Wildman–Crippen LogP) is 1.93. The van der Waals surface area contributed by atoms with Crippen LogP contribution < -0.4 is 5.32 Å². The SMILES string of the molecule is CN=C(NCc1csc(Br)c1)N1CCOC(COC)C1. The molecule has 5 nitrogen and oxygen atoms in total. The van der Waals surface area contributed by atoms with E-state index in [1.54, 1.807) is 18.4 Å². The molecule has 1 fully saturated rings. The molecule has 112 valence electrons. The average Bonchev–Trinajstić information content (AvgIpc) is 2.86. The molecule has 1 aliphatic rings. The zero-order valence-electron chi connectivity index (χ0n) is 11.8. The maximum atomic E-state index is 5.66. The van der Waals surface area contributed by atoms with Crippen molar-refractivity contribution in [3.63, 3.8) is 0 Å². The van der Waals surface area contributed by atoms with Crippen molar-refractivity contribution in [2.75, 3.05) is 40.5 Å². The van der Waals surface area contributed by atoms with E-state index in [0.717, 1.165) is 29.4 Å². The molecule has 0 amide bonds. The lowest BCUT2D eigenvalue weighted by Crippen LogP contribution is -2.51. The zero-order valence-corrected chi connectivity index (χ0v) is 14.2. The van der Waals surface area contributed by atoms with Crippen molar-refractivity contribution in [3.05, 3.63) is 20.8 Å². The van der Waals surface area contributed by atoms with Crippen molar-refractivity contribution in [2.24, 2.45) is 4.99 Å². The molecule has 20 heavy (non-hydrogen) atoms. The first kappa shape index (κ1) is 15.8. The molecule has 1 unspecified atom stereocenters. The molecule has 1 aromatic heterocycles. The molecule has 0 aromatic carbocycles. The standard InChI is InChI=1S/C13H20BrN3O2S/c1-15-13(16-6-10-5-12(14)20-9-10)17-3-4-19-11(7-17)8-18-2/h5,9,11H,3-4,6-8H2,1-2H3,(H,15,16). The van der Waals surface area contributed by atoms with Gasteiger partial charge in [-0.3, -0.25) is 4.99 Å². The number of morpholine rings is 1. The molecule has 7 heteroatoms. The Kier molecular flexibility index (Phi) is 6.28. The lowest BCUT2D eigenvalue weighted by molar-refractivity contribution is -0.0447. The summed E-state index contributed by atoms with van der Waals surface area (Å²) in [6.45, 7) is 3.76. The molecule has 0 saturated carbocycles. The van der Waals surface area contributed by atoms with Gasteiger partial charge in [-0.25, -0.2) is 0 Å². The minimum Gasteiger partial charge on any atom is -0.382 e. The molecule has 1 aliphatic heterocycles. The zero-order chi connectivity index (χ0) is 14.4. The predicted molar refractivity (Wildman–Crippen MR) is 85.4 cm³/mol. The van der Waals surface area contributed by atoms with Crippen molar-refractivity contribution in [3.8, 4) is 0 Å². The smallest absolute Gasteiger partial charge is 0.194 e. The Labute approximate surface area is 132 Å². The van der Waals surface area contributed by atoms with E-state index in [4.69, 9.17) is 9.47 Å². The van der Waals surface area contributed by atoms with Crippen molar-refractivity contribution < 1.29 is 9.47 Å². The van der Waals surface area contributed by atoms with Crippen LogP contribution in [0.15, 0.2) is 20.2 Å². The van der Waals surface area contributed by atoms with E-state index in [0.29, 0.717) is 13.2 Å². The van der Waals surface area contributed by atoms with E-state index in [1.165, 1.54) is 5.56 Å². The van der Waals surface area contributed by atoms with E-state index >= 15 is 0 Å². The molecule has 1 N–H and O–H groups in total. The number of ether oxygens (including phenoxy) is 2. The van der Waals surface area contributed by atoms with Crippen molar-refractivity contribution in [2.45, 2.75) is 12.6 Å². The van der Waals surface area contributed by atoms with Crippen LogP contribution in [0.25, 0.3) is 0 Å². The summed E-state index contributed by atoms with van der Waals surface area (Å²) in [5.74, 6) is 0.914. The highest BCUT2D eigenvalue weighted by Gasteiger charge is 2.22. The quantitative estimate of drug-likeness (QED) is 0.657. The van der Waals surface area contributed by atoms with Crippen LogP contribution in [0.3, 0.4) is 0 Å². The summed E-state index contributed by atoms with van der Waals surface area (Å²) in [6.07, 6.45) is 0.114. The third kappa shape index (κ3) is 4.44. The van der Waals surface area contributed by atoms with Crippen molar-refractivity contribution in [1.29, 1.82) is 0 Å². The second-order valence-electron chi connectivity index (χ2n) is 4.55. The first-order chi connectivity index (χ1) is 9.72. The molecule has 1 saturated heterocycles. The van der Waals surface area contributed by atoms with Gasteiger partial charge in [0.2, 0.25) is 0 Å². The molecular weight excluding hydrogens is 342 g/mol. The lowest BCUT2D eigenvalue weighted by Gasteiger charge is -2.34. The van der Waals surface area contributed by atoms with Gasteiger partial charge in [0, 0.05) is 33.8 Å². The number of hydrogen-bond donors (Lipinski definition) is 1. The van der Waals surface area contributed by atoms with Crippen LogP contribution in [0.2, 0.25) is 0 Å². The van der Waals surface area contributed by atoms with Gasteiger partial charge in [0.1, 0.15) is 0 Å². The molecule has 1 aromatic rings. The van der Waals surface area contributed by atoms with Crippen LogP contribution >= 0.6 is 27.3 Å². The normalized spacial score (nSPS) is 20.2. The molecule has 0 bridgehead atoms. The first-order valence-corrected chi connectivity index (χ1v) is 8.19. The van der Waals surface area contributed by atoms with Crippen LogP contribution in [0.1, 0.15) is 5.56 Å². The molecule has 2 rings (SSSR count). The van der Waals surface area contributed by atoms with Gasteiger partial charge in [-0.15, -0.1) is 11.3 Å². The highest BCUT2D eigenvalue weighted by atomic mass is 79.9. The van der Waals surface area contributed by atoms with Crippen LogP contribution in [0.4, 0.5) is 0 Å². The Morgan fingerprint density at radius 1 is 1.70 bits per heavy atom. The van der Waals surface area contributed by atoms with Gasteiger partial charge < -0.3 is 19.7 Å². The topological polar surface area (TPSA) is 46.1 Å². The van der Waals surface area contributed by atoms with Gasteiger partial charge in [0.25, 0.3) is 0 Å². The van der Waals surface area contributed by atoms with Crippen LogP contribution in [-0.4, -0.2) is 57.4 Å². The molecular formula is C13H20BrN3O2S. The first-order valence-electron chi connectivity index (χ1n) is 6.52. The summed E-state index contributed by atoms with van der Waals surface area (Å²) in [4.78, 5) is 6.57. The van der Waals surface area contributed by atoms with Gasteiger partial charge in [-0.2, -0.15) is 0 Å². The highest BCUT2D eigenvalue weighted by Crippen LogP contribution is 2.20. The number of rotatable bonds is 4. The van der Waals surface area contributed by atoms with Crippen LogP contribution in [0, 0.1) is 0 Å². The van der Waals surface area contributed by atoms with Gasteiger partial charge in [0.15, 0.2) is 5.96 Å². The minimum atomic E-state index is 0.114. The average molecular weight is 362 g/mol. The van der Waals surface area contributed by atoms with E-state index in [2.05, 4.69) is 42.6 Å². The molecule has 0 spiro atoms. The van der Waals surface area contributed by atoms with Crippen molar-refractivity contribution in [1.82, 2.24) is 10.2 Å². The number of methoxy groups -OCH3 is 1. The summed E-state index contributed by atoms with van der Waals surface area (Å²) in [7, 11) is 3.51. The summed E-state index contributed by atoms with van der Waals surface area (Å²) in [5.41, 5.74) is 1.25. The second-order valence-corrected chi connectivity index (χ2v) is 6.84. The summed E-state index contributed by atoms with van der Waals surface area (Å²) >= 11 is 5.17. The number of thiophene rings is 1. The maximum absolute atomic E-state index is 5.66. The Bertz CT molecular complexity index is 451. The summed E-state index contributed by atoms with van der Waals surface area (Å²) in [6, 6.07) is 2.12. The van der Waals surface area contributed by atoms with Gasteiger partial charge in [0.05, 0.1) is 23.1 Å². The van der Waals surface area contributed by atoms with Gasteiger partial charge >= 0.3 is 0 Å².